The predicted octanol–water partition coefficient (Wildman–Crippen LogP) is 15.4. The second-order valence-corrected chi connectivity index (χ2v) is 24.4. The first kappa shape index (κ1) is 95.8. The molecule has 5 aromatic carbocycles. The fourth-order valence-electron chi connectivity index (χ4n) is 10.1. The van der Waals surface area contributed by atoms with Gasteiger partial charge in [-0.15, -0.1) is 91.3 Å². The van der Waals surface area contributed by atoms with Gasteiger partial charge >= 0.3 is 48.9 Å². The van der Waals surface area contributed by atoms with Gasteiger partial charge in [0.1, 0.15) is 28.7 Å². The molecule has 1 N–H and O–H groups in total. The Morgan fingerprint density at radius 1 is 0.430 bits per heavy atom. The van der Waals surface area contributed by atoms with Crippen molar-refractivity contribution in [3.63, 3.8) is 0 Å². The molecule has 0 amide bonds. The van der Waals surface area contributed by atoms with E-state index in [-0.39, 0.29) is 81.0 Å². The Morgan fingerprint density at radius 3 is 1.00 bits per heavy atom. The summed E-state index contributed by atoms with van der Waals surface area (Å²) in [6, 6.07) is 31.7. The van der Waals surface area contributed by atoms with E-state index in [0.717, 1.165) is 70.7 Å². The number of rotatable bonds is 13. The number of aryl methyl sites for hydroxylation is 7. The van der Waals surface area contributed by atoms with E-state index in [2.05, 4.69) is 96.0 Å². The fourth-order valence-corrected chi connectivity index (χ4v) is 10.4. The number of hydrogen-bond donors (Lipinski definition) is 1. The van der Waals surface area contributed by atoms with E-state index < -0.39 is 39.0 Å². The number of aromatic amines is 1. The van der Waals surface area contributed by atoms with Crippen LogP contribution in [0.1, 0.15) is 36.6 Å². The minimum atomic E-state index is -4.77. The summed E-state index contributed by atoms with van der Waals surface area (Å²) in [5.74, 6) is -0.712. The maximum atomic E-state index is 12.3. The van der Waals surface area contributed by atoms with Crippen LogP contribution in [0, 0.1) is 53.0 Å². The number of alkyl halides is 16. The number of nitrogens with zero attached hydrogens (tertiary/aromatic N) is 18. The SMILES string of the molecule is C.Cc1cc(=O)n(-c2ccc(OC(F)(F)F)cc2)cc1-c1nn[nH]n1.Cc1cc(=O)n(-c2ccc(OC(F)(F)F)cc2)cc1-c1nnn(C)n1.Cc1cc(=O)n(-c2ccc(OC(F)(F)F)cc2)cc1-c1nnnn1C.Cc1cc(=O)n(-c2ccc(OC(F)(F)F)cc2)cc1Br.[2H]CF.[C-]#N.[C-]#[N+]c1cn(-c2ccc(OC(F)(F)F)cc2)c(=O)cc1C.[Cu+]. The molecule has 0 aliphatic heterocycles. The minimum Gasteiger partial charge on any atom is -0.512 e. The second-order valence-electron chi connectivity index (χ2n) is 23.6. The molecule has 13 aromatic rings. The molecule has 29 nitrogen and oxygen atoms in total. The Bertz CT molecular complexity index is 6040. The molecule has 47 heteroatoms. The molecule has 0 aliphatic rings. The van der Waals surface area contributed by atoms with Crippen molar-refractivity contribution in [2.45, 2.75) is 73.9 Å². The Morgan fingerprint density at radius 2 is 0.719 bits per heavy atom. The van der Waals surface area contributed by atoms with Crippen LogP contribution in [0.2, 0.25) is 0 Å². The van der Waals surface area contributed by atoms with Crippen molar-refractivity contribution in [1.82, 2.24) is 83.9 Å². The Balaban J connectivity index is 0.000000267. The van der Waals surface area contributed by atoms with Crippen LogP contribution in [0.25, 0.3) is 67.4 Å². The van der Waals surface area contributed by atoms with Gasteiger partial charge in [0.15, 0.2) is 5.82 Å². The van der Waals surface area contributed by atoms with Crippen molar-refractivity contribution in [1.29, 1.82) is 5.26 Å². The molecule has 0 bridgehead atoms. The molecule has 0 unspecified atom stereocenters. The van der Waals surface area contributed by atoms with Crippen LogP contribution in [-0.2, 0) is 31.2 Å². The first-order valence-corrected chi connectivity index (χ1v) is 33.4. The van der Waals surface area contributed by atoms with Crippen molar-refractivity contribution < 1.29 is 112 Å². The number of pyridine rings is 5. The predicted molar refractivity (Wildman–Crippen MR) is 399 cm³/mol. The maximum Gasteiger partial charge on any atom is 1.00 e. The van der Waals surface area contributed by atoms with Gasteiger partial charge in [0.2, 0.25) is 17.3 Å². The van der Waals surface area contributed by atoms with Gasteiger partial charge in [-0.3, -0.25) is 51.2 Å². The van der Waals surface area contributed by atoms with Crippen LogP contribution < -0.4 is 51.5 Å². The molecule has 640 valence electrons. The number of hydrogen-bond acceptors (Lipinski definition) is 20. The number of nitrogens with one attached hydrogen (secondary N) is 1. The summed E-state index contributed by atoms with van der Waals surface area (Å²) in [5.41, 5.74) is 5.67. The summed E-state index contributed by atoms with van der Waals surface area (Å²) in [5, 5.41) is 42.7. The van der Waals surface area contributed by atoms with Gasteiger partial charge in [-0.05, 0) is 227 Å². The summed E-state index contributed by atoms with van der Waals surface area (Å²) in [7, 11) is 2.27. The molecule has 0 saturated heterocycles. The van der Waals surface area contributed by atoms with Crippen LogP contribution in [0.3, 0.4) is 0 Å². The Labute approximate surface area is 691 Å². The van der Waals surface area contributed by atoms with E-state index in [1.54, 1.807) is 61.1 Å². The molecular formula is C74H59BrCuF16N19O10. The van der Waals surface area contributed by atoms with Gasteiger partial charge in [0.05, 0.1) is 22.1 Å². The number of tetrazole rings is 3. The molecule has 0 fully saturated rings. The summed E-state index contributed by atoms with van der Waals surface area (Å²) in [4.78, 5) is 64.9. The van der Waals surface area contributed by atoms with E-state index in [9.17, 15) is 94.2 Å². The number of ether oxygens (including phenoxy) is 5. The van der Waals surface area contributed by atoms with Gasteiger partial charge in [-0.2, -0.15) is 10.0 Å². The Kier molecular flexibility index (Phi) is 33.1. The second kappa shape index (κ2) is 41.8. The van der Waals surface area contributed by atoms with Crippen LogP contribution >= 0.6 is 15.9 Å². The van der Waals surface area contributed by atoms with Crippen molar-refractivity contribution in [3.05, 3.63) is 285 Å². The van der Waals surface area contributed by atoms with Gasteiger partial charge in [0, 0.05) is 112 Å². The van der Waals surface area contributed by atoms with Gasteiger partial charge in [0.25, 0.3) is 27.8 Å². The van der Waals surface area contributed by atoms with Crippen molar-refractivity contribution >= 4 is 21.6 Å². The third kappa shape index (κ3) is 28.3. The minimum absolute atomic E-state index is 0. The summed E-state index contributed by atoms with van der Waals surface area (Å²) in [6.07, 6.45) is -16.3. The van der Waals surface area contributed by atoms with E-state index in [4.69, 9.17) is 19.8 Å². The molecule has 0 aliphatic carbocycles. The van der Waals surface area contributed by atoms with Gasteiger partial charge in [-0.25, -0.2) is 9.53 Å². The van der Waals surface area contributed by atoms with E-state index in [1.807, 2.05) is 0 Å². The summed E-state index contributed by atoms with van der Waals surface area (Å²) >= 11 is 3.30. The molecule has 0 saturated carbocycles. The first-order chi connectivity index (χ1) is 56.3. The molecule has 13 rings (SSSR count). The molecule has 8 heterocycles. The van der Waals surface area contributed by atoms with Crippen molar-refractivity contribution in [2.75, 3.05) is 7.15 Å². The standard InChI is InChI=1S/2C15H12F3N5O2.C14H10F3N5O2.C14H9F3N2O2.C13H9BrF3NO2.CH3F.CN.CH4.Cu/c1-9-7-13(24)23(8-12(9)14-19-20-21-22(14)2)10-3-5-11(6-4-10)25-15(16,17)18;1-9-7-13(24)23(8-12(9)14-19-21-22(2)20-14)10-3-5-11(6-4-10)25-15(16,17)18;1-8-6-12(23)22(7-11(8)13-18-20-21-19-13)9-2-4-10(5-3-9)24-14(15,16)17;1-9-7-13(20)19(8-12(9)18-2)10-3-5-11(6-4-10)21-14(15,16)17;1-8-6-12(19)18(7-11(8)14)9-2-4-10(5-3-9)20-13(15,16)17;2*1-2;;/h2*3-8H,1-2H3;2-7H,1H3,(H,18,19,20,21);3-8H,1H3;2-7H,1H3;1H3;;1H4;/q;;;;;;-1;;+1/i;;;;;1D;;;. The molecule has 0 spiro atoms. The van der Waals surface area contributed by atoms with Gasteiger partial charge in [-0.1, -0.05) is 7.43 Å². The third-order valence-corrected chi connectivity index (χ3v) is 16.1. The number of halogens is 17. The topological polar surface area (TPSA) is 326 Å². The van der Waals surface area contributed by atoms with Crippen molar-refractivity contribution in [3.8, 4) is 91.3 Å². The number of benzene rings is 5. The van der Waals surface area contributed by atoms with E-state index in [0.29, 0.717) is 90.5 Å². The molecule has 8 aromatic heterocycles. The van der Waals surface area contributed by atoms with E-state index >= 15 is 0 Å². The molecule has 0 atom stereocenters. The summed E-state index contributed by atoms with van der Waals surface area (Å²) in [6.45, 7) is 20.4. The monoisotopic (exact) mass is 1820 g/mol. The normalized spacial score (nSPS) is 11.0. The zero-order valence-corrected chi connectivity index (χ0v) is 64.4. The number of aromatic nitrogens is 17. The average molecular weight is 1820 g/mol. The first-order valence-electron chi connectivity index (χ1n) is 33.3. The molecule has 121 heavy (non-hydrogen) atoms. The third-order valence-electron chi connectivity index (χ3n) is 15.3. The van der Waals surface area contributed by atoms with Crippen LogP contribution in [0.4, 0.5) is 75.9 Å². The van der Waals surface area contributed by atoms with Gasteiger partial charge < -0.3 is 35.5 Å². The Hall–Kier alpha value is -14.1. The zero-order chi connectivity index (χ0) is 88.9. The largest absolute Gasteiger partial charge is 1.00 e. The van der Waals surface area contributed by atoms with Crippen molar-refractivity contribution in [2.24, 2.45) is 14.1 Å². The molecule has 0 radical (unpaired) electrons. The summed E-state index contributed by atoms with van der Waals surface area (Å²) < 4.78 is 225. The van der Waals surface area contributed by atoms with Crippen LogP contribution in [-0.4, -0.2) is 123 Å². The van der Waals surface area contributed by atoms with Crippen LogP contribution in [0.5, 0.6) is 28.7 Å². The quantitative estimate of drug-likeness (QED) is 0.0636. The maximum absolute atomic E-state index is 12.3. The average Bonchev–Trinajstić information content (AvgIpc) is 1.57. The van der Waals surface area contributed by atoms with Crippen LogP contribution in [0.15, 0.2) is 211 Å². The fraction of sp³-hybridized carbons (Fsp3) is 0.189. The number of H-pyrrole nitrogens is 1. The smallest absolute Gasteiger partial charge is 0.512 e. The zero-order valence-electron chi connectivity index (χ0n) is 62.9. The molecular weight excluding hydrogens is 1760 g/mol. The van der Waals surface area contributed by atoms with E-state index in [1.165, 1.54) is 142 Å².